The molecule has 0 amide bonds. The maximum absolute atomic E-state index is 13.1. The smallest absolute Gasteiger partial charge is 0.350 e. The van der Waals surface area contributed by atoms with Gasteiger partial charge in [-0.25, -0.2) is 23.1 Å². The molecule has 0 aliphatic carbocycles. The summed E-state index contributed by atoms with van der Waals surface area (Å²) in [5.41, 5.74) is 0.0222. The van der Waals surface area contributed by atoms with Crippen LogP contribution in [0.15, 0.2) is 41.6 Å². The molecule has 0 atom stereocenters. The lowest BCUT2D eigenvalue weighted by Crippen LogP contribution is -2.22. The number of aromatic carboxylic acids is 1. The Labute approximate surface area is 116 Å². The van der Waals surface area contributed by atoms with E-state index in [1.54, 1.807) is 0 Å². The molecule has 7 nitrogen and oxygen atoms in total. The van der Waals surface area contributed by atoms with Crippen LogP contribution in [0.3, 0.4) is 0 Å². The number of hydrogen-bond donors (Lipinski definition) is 1. The first-order valence-electron chi connectivity index (χ1n) is 5.97. The molecule has 3 aromatic rings. The molecule has 0 saturated heterocycles. The number of nitrogens with zero attached hydrogens (tertiary/aromatic N) is 4. The topological polar surface area (TPSA) is 89.5 Å². The van der Waals surface area contributed by atoms with E-state index in [-0.39, 0.29) is 12.1 Å². The van der Waals surface area contributed by atoms with Gasteiger partial charge in [-0.1, -0.05) is 6.07 Å². The van der Waals surface area contributed by atoms with Gasteiger partial charge in [0.05, 0.1) is 18.3 Å². The molecule has 1 aromatic carbocycles. The first kappa shape index (κ1) is 13.0. The van der Waals surface area contributed by atoms with Gasteiger partial charge in [0, 0.05) is 12.4 Å². The molecule has 1 N–H and O–H groups in total. The van der Waals surface area contributed by atoms with Gasteiger partial charge in [0.25, 0.3) is 0 Å². The first-order chi connectivity index (χ1) is 10.1. The van der Waals surface area contributed by atoms with Gasteiger partial charge in [-0.3, -0.25) is 4.98 Å². The highest BCUT2D eigenvalue weighted by Crippen LogP contribution is 2.12. The van der Waals surface area contributed by atoms with Gasteiger partial charge >= 0.3 is 11.7 Å². The van der Waals surface area contributed by atoms with E-state index < -0.39 is 17.5 Å². The average Bonchev–Trinajstić information content (AvgIpc) is 2.78. The number of carbonyl (C=O) groups is 1. The van der Waals surface area contributed by atoms with Gasteiger partial charge in [0.1, 0.15) is 5.82 Å². The summed E-state index contributed by atoms with van der Waals surface area (Å²) in [5.74, 6) is -1.91. The largest absolute Gasteiger partial charge is 0.478 e. The van der Waals surface area contributed by atoms with Crippen molar-refractivity contribution in [1.82, 2.24) is 19.2 Å². The Morgan fingerprint density at radius 3 is 2.90 bits per heavy atom. The predicted octanol–water partition coefficient (Wildman–Crippen LogP) is 0.777. The van der Waals surface area contributed by atoms with E-state index in [9.17, 15) is 14.0 Å². The molecular formula is C13H9FN4O3. The third-order valence-corrected chi connectivity index (χ3v) is 3.01. The fourth-order valence-corrected chi connectivity index (χ4v) is 2.03. The van der Waals surface area contributed by atoms with Crippen LogP contribution in [0.4, 0.5) is 4.39 Å². The zero-order chi connectivity index (χ0) is 15.0. The zero-order valence-electron chi connectivity index (χ0n) is 10.6. The van der Waals surface area contributed by atoms with Gasteiger partial charge in [-0.05, 0) is 17.7 Å². The first-order valence-corrected chi connectivity index (χ1v) is 5.97. The maximum Gasteiger partial charge on any atom is 0.350 e. The van der Waals surface area contributed by atoms with Crippen LogP contribution >= 0.6 is 0 Å². The minimum Gasteiger partial charge on any atom is -0.478 e. The van der Waals surface area contributed by atoms with Crippen LogP contribution in [0.5, 0.6) is 0 Å². The van der Waals surface area contributed by atoms with Crippen molar-refractivity contribution >= 4 is 11.6 Å². The molecule has 0 fully saturated rings. The highest BCUT2D eigenvalue weighted by molar-refractivity contribution is 5.89. The highest BCUT2D eigenvalue weighted by Gasteiger charge is 2.14. The van der Waals surface area contributed by atoms with Crippen molar-refractivity contribution < 1.29 is 14.3 Å². The van der Waals surface area contributed by atoms with E-state index in [1.165, 1.54) is 29.1 Å². The number of fused-ring (bicyclic) bond motifs is 1. The second-order valence-electron chi connectivity index (χ2n) is 4.35. The van der Waals surface area contributed by atoms with Crippen LogP contribution in [0.1, 0.15) is 15.9 Å². The van der Waals surface area contributed by atoms with Crippen molar-refractivity contribution in [3.63, 3.8) is 0 Å². The Balaban J connectivity index is 2.09. The lowest BCUT2D eigenvalue weighted by Gasteiger charge is -2.05. The van der Waals surface area contributed by atoms with E-state index in [1.807, 2.05) is 0 Å². The molecule has 8 heteroatoms. The molecule has 0 saturated carbocycles. The van der Waals surface area contributed by atoms with Gasteiger partial charge < -0.3 is 5.11 Å². The Kier molecular flexibility index (Phi) is 2.98. The number of hydrogen-bond acceptors (Lipinski definition) is 4. The molecule has 21 heavy (non-hydrogen) atoms. The van der Waals surface area contributed by atoms with E-state index >= 15 is 0 Å². The molecule has 2 heterocycles. The summed E-state index contributed by atoms with van der Waals surface area (Å²) in [7, 11) is 0. The number of halogens is 1. The number of carboxylic acids is 1. The molecule has 0 aliphatic rings. The monoisotopic (exact) mass is 288 g/mol. The van der Waals surface area contributed by atoms with Crippen molar-refractivity contribution in [3.8, 4) is 0 Å². The van der Waals surface area contributed by atoms with Crippen LogP contribution in [-0.4, -0.2) is 30.2 Å². The Morgan fingerprint density at radius 1 is 1.38 bits per heavy atom. The Bertz CT molecular complexity index is 900. The third-order valence-electron chi connectivity index (χ3n) is 3.01. The number of carboxylic acid groups (broad SMARTS) is 1. The van der Waals surface area contributed by atoms with E-state index in [2.05, 4.69) is 10.1 Å². The van der Waals surface area contributed by atoms with E-state index in [0.717, 1.165) is 16.8 Å². The van der Waals surface area contributed by atoms with Crippen LogP contribution in [0.25, 0.3) is 5.65 Å². The Hall–Kier alpha value is -3.03. The molecule has 0 aliphatic heterocycles. The molecule has 0 spiro atoms. The summed E-state index contributed by atoms with van der Waals surface area (Å²) in [6, 6.07) is 3.39. The second kappa shape index (κ2) is 4.82. The van der Waals surface area contributed by atoms with Gasteiger partial charge in [-0.15, -0.1) is 5.10 Å². The zero-order valence-corrected chi connectivity index (χ0v) is 10.6. The van der Waals surface area contributed by atoms with Crippen LogP contribution < -0.4 is 5.69 Å². The minimum absolute atomic E-state index is 0.0670. The van der Waals surface area contributed by atoms with Crippen molar-refractivity contribution in [1.29, 1.82) is 0 Å². The van der Waals surface area contributed by atoms with Crippen molar-refractivity contribution in [2.45, 2.75) is 6.54 Å². The van der Waals surface area contributed by atoms with Crippen LogP contribution in [0.2, 0.25) is 0 Å². The fraction of sp³-hybridized carbons (Fsp3) is 0.0769. The summed E-state index contributed by atoms with van der Waals surface area (Å²) in [4.78, 5) is 27.1. The molecule has 0 bridgehead atoms. The van der Waals surface area contributed by atoms with E-state index in [0.29, 0.717) is 11.2 Å². The highest BCUT2D eigenvalue weighted by atomic mass is 19.1. The summed E-state index contributed by atoms with van der Waals surface area (Å²) >= 11 is 0. The van der Waals surface area contributed by atoms with Gasteiger partial charge in [-0.2, -0.15) is 0 Å². The number of benzene rings is 1. The van der Waals surface area contributed by atoms with Crippen molar-refractivity contribution in [3.05, 3.63) is 64.2 Å². The van der Waals surface area contributed by atoms with Crippen molar-refractivity contribution in [2.75, 3.05) is 0 Å². The Morgan fingerprint density at radius 2 is 2.19 bits per heavy atom. The molecular weight excluding hydrogens is 279 g/mol. The van der Waals surface area contributed by atoms with E-state index in [4.69, 9.17) is 5.11 Å². The maximum atomic E-state index is 13.1. The van der Waals surface area contributed by atoms with Gasteiger partial charge in [0.15, 0.2) is 5.65 Å². The normalized spacial score (nSPS) is 10.9. The fourth-order valence-electron chi connectivity index (χ4n) is 2.03. The molecule has 3 rings (SSSR count). The van der Waals surface area contributed by atoms with Crippen LogP contribution in [0, 0.1) is 5.82 Å². The average molecular weight is 288 g/mol. The molecule has 0 radical (unpaired) electrons. The predicted molar refractivity (Wildman–Crippen MR) is 69.7 cm³/mol. The molecule has 0 unspecified atom stereocenters. The molecule has 2 aromatic heterocycles. The summed E-state index contributed by atoms with van der Waals surface area (Å²) in [5, 5.41) is 13.1. The van der Waals surface area contributed by atoms with Crippen LogP contribution in [-0.2, 0) is 6.54 Å². The summed E-state index contributed by atoms with van der Waals surface area (Å²) < 4.78 is 15.5. The second-order valence-corrected chi connectivity index (χ2v) is 4.35. The lowest BCUT2D eigenvalue weighted by molar-refractivity contribution is 0.0695. The standard InChI is InChI=1S/C13H9FN4O3/c14-9-2-1-8(10(5-9)12(19)20)7-18-13(21)17-4-3-15-6-11(17)16-18/h1-6H,7H2,(H,19,20). The SMILES string of the molecule is O=C(O)c1cc(F)ccc1Cn1nc2cnccn2c1=O. The summed E-state index contributed by atoms with van der Waals surface area (Å²) in [6.07, 6.45) is 4.32. The lowest BCUT2D eigenvalue weighted by atomic mass is 10.1. The van der Waals surface area contributed by atoms with Gasteiger partial charge in [0.2, 0.25) is 0 Å². The number of aromatic nitrogens is 4. The third kappa shape index (κ3) is 2.27. The number of rotatable bonds is 3. The summed E-state index contributed by atoms with van der Waals surface area (Å²) in [6.45, 7) is -0.0670. The quantitative estimate of drug-likeness (QED) is 0.769. The minimum atomic E-state index is -1.26. The van der Waals surface area contributed by atoms with Crippen molar-refractivity contribution in [2.24, 2.45) is 0 Å². The molecule has 106 valence electrons.